The molecule has 0 saturated carbocycles. The van der Waals surface area contributed by atoms with Gasteiger partial charge in [-0.1, -0.05) is 24.3 Å². The number of nitrogens with zero attached hydrogens (tertiary/aromatic N) is 4. The zero-order valence-corrected chi connectivity index (χ0v) is 14.5. The Balaban J connectivity index is 1.53. The maximum Gasteiger partial charge on any atom is 0.326 e. The van der Waals surface area contributed by atoms with Crippen LogP contribution in [0.1, 0.15) is 12.4 Å². The van der Waals surface area contributed by atoms with Crippen molar-refractivity contribution in [3.63, 3.8) is 0 Å². The molecule has 0 amide bonds. The maximum absolute atomic E-state index is 13.4. The Hall–Kier alpha value is -3.62. The van der Waals surface area contributed by atoms with Crippen LogP contribution in [0.2, 0.25) is 0 Å². The minimum atomic E-state index is -2.83. The van der Waals surface area contributed by atoms with Gasteiger partial charge in [0.05, 0.1) is 28.3 Å². The first-order chi connectivity index (χ1) is 13.5. The molecule has 0 radical (unpaired) electrons. The lowest BCUT2D eigenvalue weighted by Gasteiger charge is -2.09. The van der Waals surface area contributed by atoms with Gasteiger partial charge in [0.2, 0.25) is 0 Å². The lowest BCUT2D eigenvalue weighted by Crippen LogP contribution is -2.25. The highest BCUT2D eigenvalue weighted by Gasteiger charge is 2.19. The monoisotopic (exact) mass is 384 g/mol. The summed E-state index contributed by atoms with van der Waals surface area (Å²) in [7, 11) is 0. The third kappa shape index (κ3) is 3.22. The molecule has 0 aliphatic carbocycles. The number of fused-ring (bicyclic) bond motifs is 2. The van der Waals surface area contributed by atoms with Crippen LogP contribution < -0.4 is 5.56 Å². The van der Waals surface area contributed by atoms with Crippen LogP contribution in [-0.2, 0) is 22.7 Å². The number of hydrogen-bond donors (Lipinski definition) is 0. The molecule has 28 heavy (non-hydrogen) atoms. The van der Waals surface area contributed by atoms with Crippen molar-refractivity contribution in [2.45, 2.75) is 19.7 Å². The molecule has 2 aromatic carbocycles. The Morgan fingerprint density at radius 2 is 1.79 bits per heavy atom. The number of halogens is 2. The highest BCUT2D eigenvalue weighted by Crippen LogP contribution is 2.23. The molecule has 0 bridgehead atoms. The van der Waals surface area contributed by atoms with E-state index in [4.69, 9.17) is 4.74 Å². The zero-order valence-electron chi connectivity index (χ0n) is 14.5. The number of esters is 1. The number of hydrogen-bond acceptors (Lipinski definition) is 5. The van der Waals surface area contributed by atoms with Gasteiger partial charge in [-0.2, -0.15) is 8.78 Å². The number of imidazole rings is 1. The molecule has 0 fully saturated rings. The summed E-state index contributed by atoms with van der Waals surface area (Å²) >= 11 is 0. The first kappa shape index (κ1) is 17.8. The maximum atomic E-state index is 13.4. The van der Waals surface area contributed by atoms with E-state index >= 15 is 0 Å². The van der Waals surface area contributed by atoms with E-state index < -0.39 is 19.1 Å². The summed E-state index contributed by atoms with van der Waals surface area (Å²) in [6.45, 7) is -3.65. The van der Waals surface area contributed by atoms with Gasteiger partial charge in [0.25, 0.3) is 5.56 Å². The van der Waals surface area contributed by atoms with Crippen LogP contribution in [0.3, 0.4) is 0 Å². The van der Waals surface area contributed by atoms with E-state index in [2.05, 4.69) is 9.97 Å². The number of benzene rings is 2. The van der Waals surface area contributed by atoms with Crippen LogP contribution in [0.15, 0.2) is 59.7 Å². The van der Waals surface area contributed by atoms with Crippen molar-refractivity contribution in [1.29, 1.82) is 0 Å². The van der Waals surface area contributed by atoms with Crippen molar-refractivity contribution in [2.75, 3.05) is 0 Å². The smallest absolute Gasteiger partial charge is 0.326 e. The summed E-state index contributed by atoms with van der Waals surface area (Å²) in [4.78, 5) is 32.8. The van der Waals surface area contributed by atoms with Gasteiger partial charge < -0.3 is 4.74 Å². The Kier molecular flexibility index (Phi) is 4.56. The molecule has 7 nitrogen and oxygen atoms in total. The van der Waals surface area contributed by atoms with Gasteiger partial charge in [0.1, 0.15) is 13.2 Å². The molecule has 0 atom stereocenters. The van der Waals surface area contributed by atoms with Crippen molar-refractivity contribution in [2.24, 2.45) is 0 Å². The molecule has 2 heterocycles. The molecule has 0 spiro atoms. The summed E-state index contributed by atoms with van der Waals surface area (Å²) in [5.74, 6) is -0.833. The summed E-state index contributed by atoms with van der Waals surface area (Å²) in [5, 5.41) is 0.372. The van der Waals surface area contributed by atoms with E-state index in [9.17, 15) is 18.4 Å². The highest BCUT2D eigenvalue weighted by molar-refractivity contribution is 5.78. The lowest BCUT2D eigenvalue weighted by molar-refractivity contribution is -0.146. The Morgan fingerprint density at radius 1 is 1.07 bits per heavy atom. The normalized spacial score (nSPS) is 11.4. The van der Waals surface area contributed by atoms with Gasteiger partial charge in [0.15, 0.2) is 5.82 Å². The highest BCUT2D eigenvalue weighted by atomic mass is 19.3. The van der Waals surface area contributed by atoms with Crippen LogP contribution in [0.4, 0.5) is 8.78 Å². The van der Waals surface area contributed by atoms with Crippen LogP contribution >= 0.6 is 0 Å². The Labute approximate surface area is 156 Å². The molecule has 4 rings (SSSR count). The fourth-order valence-electron chi connectivity index (χ4n) is 2.96. The molecule has 0 saturated heterocycles. The van der Waals surface area contributed by atoms with Gasteiger partial charge in [0, 0.05) is 0 Å². The standard InChI is InChI=1S/C19H14F2N4O3/c20-19(21)25-15-8-4-3-7-14(15)23-16(25)10-28-17(26)9-24-11-22-13-6-2-1-5-12(13)18(24)27/h1-8,11,19H,9-10H2. The third-order valence-electron chi connectivity index (χ3n) is 4.26. The van der Waals surface area contributed by atoms with Gasteiger partial charge in [-0.3, -0.25) is 18.7 Å². The van der Waals surface area contributed by atoms with Gasteiger partial charge in [-0.15, -0.1) is 0 Å². The summed E-state index contributed by atoms with van der Waals surface area (Å²) < 4.78 is 33.7. The minimum Gasteiger partial charge on any atom is -0.456 e. The molecule has 142 valence electrons. The second kappa shape index (κ2) is 7.18. The average Bonchev–Trinajstić information content (AvgIpc) is 3.07. The summed E-state index contributed by atoms with van der Waals surface area (Å²) in [6, 6.07) is 13.2. The van der Waals surface area contributed by atoms with E-state index in [-0.39, 0.29) is 23.4 Å². The van der Waals surface area contributed by atoms with Gasteiger partial charge in [-0.25, -0.2) is 9.97 Å². The number of para-hydroxylation sites is 3. The van der Waals surface area contributed by atoms with E-state index in [1.54, 1.807) is 42.5 Å². The van der Waals surface area contributed by atoms with Crippen molar-refractivity contribution >= 4 is 27.9 Å². The van der Waals surface area contributed by atoms with E-state index in [1.807, 2.05) is 0 Å². The van der Waals surface area contributed by atoms with E-state index in [0.717, 1.165) is 4.57 Å². The van der Waals surface area contributed by atoms with Crippen LogP contribution in [0.25, 0.3) is 21.9 Å². The molecular formula is C19H14F2N4O3. The zero-order chi connectivity index (χ0) is 19.7. The van der Waals surface area contributed by atoms with Crippen LogP contribution in [0.5, 0.6) is 0 Å². The van der Waals surface area contributed by atoms with Crippen molar-refractivity contribution in [3.8, 4) is 0 Å². The number of aromatic nitrogens is 4. The lowest BCUT2D eigenvalue weighted by atomic mass is 10.2. The molecule has 0 unspecified atom stereocenters. The van der Waals surface area contributed by atoms with Crippen molar-refractivity contribution in [3.05, 3.63) is 71.0 Å². The van der Waals surface area contributed by atoms with Crippen LogP contribution in [0, 0.1) is 0 Å². The number of ether oxygens (including phenoxy) is 1. The predicted molar refractivity (Wildman–Crippen MR) is 96.8 cm³/mol. The first-order valence-electron chi connectivity index (χ1n) is 8.38. The van der Waals surface area contributed by atoms with Gasteiger partial charge >= 0.3 is 12.5 Å². The average molecular weight is 384 g/mol. The molecule has 4 aromatic rings. The second-order valence-electron chi connectivity index (χ2n) is 6.02. The van der Waals surface area contributed by atoms with Crippen LogP contribution in [-0.4, -0.2) is 25.1 Å². The Morgan fingerprint density at radius 3 is 2.57 bits per heavy atom. The molecule has 0 N–H and O–H groups in total. The summed E-state index contributed by atoms with van der Waals surface area (Å²) in [6.07, 6.45) is 1.25. The number of carbonyl (C=O) groups excluding carboxylic acids is 1. The molecule has 9 heteroatoms. The molecule has 0 aliphatic heterocycles. The number of rotatable bonds is 5. The summed E-state index contributed by atoms with van der Waals surface area (Å²) in [5.41, 5.74) is 0.757. The fourth-order valence-corrected chi connectivity index (χ4v) is 2.96. The second-order valence-corrected chi connectivity index (χ2v) is 6.02. The van der Waals surface area contributed by atoms with Gasteiger partial charge in [-0.05, 0) is 24.3 Å². The number of carbonyl (C=O) groups is 1. The van der Waals surface area contributed by atoms with E-state index in [1.165, 1.54) is 12.4 Å². The molecular weight excluding hydrogens is 370 g/mol. The largest absolute Gasteiger partial charge is 0.456 e. The Bertz CT molecular complexity index is 1230. The number of alkyl halides is 2. The third-order valence-corrected chi connectivity index (χ3v) is 4.26. The topological polar surface area (TPSA) is 79.0 Å². The molecule has 2 aromatic heterocycles. The first-order valence-corrected chi connectivity index (χ1v) is 8.38. The van der Waals surface area contributed by atoms with Crippen molar-refractivity contribution < 1.29 is 18.3 Å². The SMILES string of the molecule is O=C(Cn1cnc2ccccc2c1=O)OCc1nc2ccccc2n1C(F)F. The predicted octanol–water partition coefficient (Wildman–Crippen LogP) is 2.88. The van der Waals surface area contributed by atoms with E-state index in [0.29, 0.717) is 21.0 Å². The molecule has 0 aliphatic rings. The fraction of sp³-hybridized carbons (Fsp3) is 0.158. The quantitative estimate of drug-likeness (QED) is 0.495. The van der Waals surface area contributed by atoms with Crippen molar-refractivity contribution in [1.82, 2.24) is 19.1 Å². The minimum absolute atomic E-state index is 0.0754.